The summed E-state index contributed by atoms with van der Waals surface area (Å²) < 4.78 is 16.4. The topological polar surface area (TPSA) is 82.2 Å². The van der Waals surface area contributed by atoms with Crippen molar-refractivity contribution in [3.63, 3.8) is 0 Å². The first-order valence-corrected chi connectivity index (χ1v) is 9.15. The van der Waals surface area contributed by atoms with Crippen molar-refractivity contribution < 1.29 is 28.6 Å². The van der Waals surface area contributed by atoms with Gasteiger partial charge in [0.1, 0.15) is 11.7 Å². The van der Waals surface area contributed by atoms with Crippen LogP contribution in [0.3, 0.4) is 0 Å². The highest BCUT2D eigenvalue weighted by Crippen LogP contribution is 2.71. The molecule has 0 radical (unpaired) electrons. The van der Waals surface area contributed by atoms with Crippen molar-refractivity contribution in [3.8, 4) is 0 Å². The average molecular weight is 379 g/mol. The van der Waals surface area contributed by atoms with Gasteiger partial charge in [0.25, 0.3) is 0 Å². The van der Waals surface area contributed by atoms with Crippen molar-refractivity contribution in [3.05, 3.63) is 34.3 Å². The molecule has 1 aromatic carbocycles. The van der Waals surface area contributed by atoms with E-state index in [9.17, 15) is 14.4 Å². The minimum Gasteiger partial charge on any atom is -0.465 e. The van der Waals surface area contributed by atoms with E-state index in [1.807, 2.05) is 0 Å². The third kappa shape index (κ3) is 2.06. The lowest BCUT2D eigenvalue weighted by molar-refractivity contribution is -0.175. The molecule has 0 N–H and O–H groups in total. The molecule has 0 amide bonds. The second kappa shape index (κ2) is 5.79. The van der Waals surface area contributed by atoms with Crippen molar-refractivity contribution in [2.45, 2.75) is 38.4 Å². The van der Waals surface area contributed by atoms with E-state index in [1.54, 1.807) is 32.0 Å². The third-order valence-corrected chi connectivity index (χ3v) is 5.92. The van der Waals surface area contributed by atoms with Crippen LogP contribution >= 0.6 is 11.6 Å². The number of benzene rings is 1. The van der Waals surface area contributed by atoms with E-state index < -0.39 is 29.1 Å². The van der Waals surface area contributed by atoms with Gasteiger partial charge in [-0.05, 0) is 38.0 Å². The smallest absolute Gasteiger partial charge is 0.326 e. The highest BCUT2D eigenvalue weighted by atomic mass is 35.5. The molecule has 138 valence electrons. The lowest BCUT2D eigenvalue weighted by Gasteiger charge is -2.29. The predicted octanol–water partition coefficient (Wildman–Crippen LogP) is 2.65. The van der Waals surface area contributed by atoms with E-state index in [4.69, 9.17) is 25.8 Å². The SMILES string of the molecule is CCOC(=O)C1(C(=O)OCC)C[C@H]2CC(=O)c3cc(Cl)ccc3[C@@]23O[C@@H]13. The Morgan fingerprint density at radius 2 is 1.88 bits per heavy atom. The molecule has 1 spiro atoms. The molecule has 0 unspecified atom stereocenters. The van der Waals surface area contributed by atoms with E-state index in [0.29, 0.717) is 16.1 Å². The lowest BCUT2D eigenvalue weighted by Crippen LogP contribution is -2.45. The summed E-state index contributed by atoms with van der Waals surface area (Å²) in [5, 5.41) is 0.462. The molecule has 1 saturated carbocycles. The summed E-state index contributed by atoms with van der Waals surface area (Å²) in [6.45, 7) is 3.66. The van der Waals surface area contributed by atoms with Crippen LogP contribution in [0.1, 0.15) is 42.6 Å². The van der Waals surface area contributed by atoms with Crippen LogP contribution in [0.25, 0.3) is 0 Å². The quantitative estimate of drug-likeness (QED) is 0.455. The van der Waals surface area contributed by atoms with Crippen molar-refractivity contribution in [1.82, 2.24) is 0 Å². The Balaban J connectivity index is 1.82. The van der Waals surface area contributed by atoms with Crippen LogP contribution in [0.2, 0.25) is 5.02 Å². The van der Waals surface area contributed by atoms with E-state index in [-0.39, 0.29) is 37.8 Å². The van der Waals surface area contributed by atoms with Crippen molar-refractivity contribution in [2.24, 2.45) is 11.3 Å². The second-order valence-electron chi connectivity index (χ2n) is 6.92. The Hall–Kier alpha value is -1.92. The molecule has 2 fully saturated rings. The summed E-state index contributed by atoms with van der Waals surface area (Å²) >= 11 is 6.04. The maximum atomic E-state index is 12.8. The number of epoxide rings is 1. The average Bonchev–Trinajstić information content (AvgIpc) is 3.27. The summed E-state index contributed by atoms with van der Waals surface area (Å²) in [5.41, 5.74) is -1.16. The standard InChI is InChI=1S/C19H19ClO6/c1-3-24-16(22)18(17(23)25-4-2)9-10-7-14(21)12-8-11(20)5-6-13(12)19(10)15(18)26-19/h5-6,8,10,15H,3-4,7,9H2,1-2H3/t10-,15+,19+/m1/s1. The highest BCUT2D eigenvalue weighted by molar-refractivity contribution is 6.31. The number of rotatable bonds is 4. The Morgan fingerprint density at radius 3 is 2.50 bits per heavy atom. The van der Waals surface area contributed by atoms with Gasteiger partial charge in [0.2, 0.25) is 0 Å². The van der Waals surface area contributed by atoms with Crippen LogP contribution in [-0.2, 0) is 29.4 Å². The number of fused-ring (bicyclic) bond motifs is 1. The van der Waals surface area contributed by atoms with Crippen molar-refractivity contribution >= 4 is 29.3 Å². The summed E-state index contributed by atoms with van der Waals surface area (Å²) in [5.74, 6) is -1.62. The van der Waals surface area contributed by atoms with Gasteiger partial charge in [-0.3, -0.25) is 14.4 Å². The van der Waals surface area contributed by atoms with Gasteiger partial charge in [0, 0.05) is 22.9 Å². The molecular formula is C19H19ClO6. The highest BCUT2D eigenvalue weighted by Gasteiger charge is 2.83. The fourth-order valence-electron chi connectivity index (χ4n) is 4.64. The number of ether oxygens (including phenoxy) is 3. The Bertz CT molecular complexity index is 800. The van der Waals surface area contributed by atoms with Crippen molar-refractivity contribution in [2.75, 3.05) is 13.2 Å². The number of ketones is 1. The molecule has 4 rings (SSSR count). The van der Waals surface area contributed by atoms with Crippen LogP contribution in [0.4, 0.5) is 0 Å². The Morgan fingerprint density at radius 1 is 1.23 bits per heavy atom. The van der Waals surface area contributed by atoms with E-state index in [0.717, 1.165) is 0 Å². The van der Waals surface area contributed by atoms with Crippen LogP contribution < -0.4 is 0 Å². The van der Waals surface area contributed by atoms with Crippen molar-refractivity contribution in [1.29, 1.82) is 0 Å². The first-order valence-electron chi connectivity index (χ1n) is 8.77. The number of carbonyl (C=O) groups excluding carboxylic acids is 3. The number of hydrogen-bond donors (Lipinski definition) is 0. The molecule has 0 bridgehead atoms. The van der Waals surface area contributed by atoms with Gasteiger partial charge in [0.05, 0.1) is 13.2 Å². The van der Waals surface area contributed by atoms with E-state index >= 15 is 0 Å². The molecule has 3 aliphatic rings. The molecule has 1 heterocycles. The molecule has 2 aliphatic carbocycles. The van der Waals surface area contributed by atoms with Crippen LogP contribution in [0, 0.1) is 11.3 Å². The minimum atomic E-state index is -1.53. The number of carbonyl (C=O) groups is 3. The third-order valence-electron chi connectivity index (χ3n) is 5.68. The molecule has 26 heavy (non-hydrogen) atoms. The first kappa shape index (κ1) is 17.5. The zero-order chi connectivity index (χ0) is 18.7. The van der Waals surface area contributed by atoms with Gasteiger partial charge in [0.15, 0.2) is 11.2 Å². The molecule has 6 nitrogen and oxygen atoms in total. The maximum absolute atomic E-state index is 12.8. The maximum Gasteiger partial charge on any atom is 0.326 e. The molecule has 1 saturated heterocycles. The number of halogens is 1. The number of hydrogen-bond acceptors (Lipinski definition) is 6. The van der Waals surface area contributed by atoms with E-state index in [1.165, 1.54) is 0 Å². The van der Waals surface area contributed by atoms with Crippen LogP contribution in [0.15, 0.2) is 18.2 Å². The zero-order valence-corrected chi connectivity index (χ0v) is 15.3. The molecule has 1 aliphatic heterocycles. The van der Waals surface area contributed by atoms with Gasteiger partial charge in [-0.2, -0.15) is 0 Å². The number of Topliss-reactive ketones (excluding diaryl/α,β-unsaturated/α-hetero) is 1. The normalized spacial score (nSPS) is 30.0. The molecular weight excluding hydrogens is 360 g/mol. The summed E-state index contributed by atoms with van der Waals surface area (Å²) in [7, 11) is 0. The van der Waals surface area contributed by atoms with Gasteiger partial charge < -0.3 is 14.2 Å². The summed E-state index contributed by atoms with van der Waals surface area (Å²) in [6, 6.07) is 5.07. The molecule has 7 heteroatoms. The largest absolute Gasteiger partial charge is 0.465 e. The molecule has 1 aromatic rings. The zero-order valence-electron chi connectivity index (χ0n) is 14.5. The van der Waals surface area contributed by atoms with Gasteiger partial charge in [-0.1, -0.05) is 17.7 Å². The monoisotopic (exact) mass is 378 g/mol. The lowest BCUT2D eigenvalue weighted by atomic mass is 9.75. The second-order valence-corrected chi connectivity index (χ2v) is 7.36. The number of esters is 2. The summed E-state index contributed by atoms with van der Waals surface area (Å²) in [4.78, 5) is 38.2. The molecule has 3 atom stereocenters. The summed E-state index contributed by atoms with van der Waals surface area (Å²) in [6.07, 6.45) is -0.306. The van der Waals surface area contributed by atoms with Gasteiger partial charge in [-0.25, -0.2) is 0 Å². The van der Waals surface area contributed by atoms with E-state index in [2.05, 4.69) is 0 Å². The van der Waals surface area contributed by atoms with Gasteiger partial charge >= 0.3 is 11.9 Å². The molecule has 0 aromatic heterocycles. The van der Waals surface area contributed by atoms with Crippen LogP contribution in [-0.4, -0.2) is 37.0 Å². The minimum absolute atomic E-state index is 0.0594. The fraction of sp³-hybridized carbons (Fsp3) is 0.526. The Labute approximate surface area is 155 Å². The first-order chi connectivity index (χ1) is 12.4. The van der Waals surface area contributed by atoms with Gasteiger partial charge in [-0.15, -0.1) is 0 Å². The fourth-order valence-corrected chi connectivity index (χ4v) is 4.81. The predicted molar refractivity (Wildman–Crippen MR) is 90.8 cm³/mol. The van der Waals surface area contributed by atoms with Crippen LogP contribution in [0.5, 0.6) is 0 Å². The Kier molecular flexibility index (Phi) is 3.90.